The van der Waals surface area contributed by atoms with Crippen LogP contribution in [-0.4, -0.2) is 47.0 Å². The predicted molar refractivity (Wildman–Crippen MR) is 100 cm³/mol. The van der Waals surface area contributed by atoms with Crippen molar-refractivity contribution in [2.45, 2.75) is 6.92 Å². The van der Waals surface area contributed by atoms with Crippen LogP contribution < -0.4 is 10.6 Å². The molecular formula is C19H21N5O. The standard InChI is InChI=1S/C19H21N5O/c1-13(25)23-8-10-24(11-9-23)16-6-7-17-18(12-16)22-19(21-17)14-2-4-15(20)5-3-14/h2-7,12H,8-11,20H2,1H3,(H,21,22). The van der Waals surface area contributed by atoms with Gasteiger partial charge in [-0.3, -0.25) is 4.79 Å². The van der Waals surface area contributed by atoms with Crippen molar-refractivity contribution in [1.29, 1.82) is 0 Å². The smallest absolute Gasteiger partial charge is 0.219 e. The minimum atomic E-state index is 0.150. The number of nitrogens with zero attached hydrogens (tertiary/aromatic N) is 3. The molecule has 1 aliphatic heterocycles. The molecule has 0 bridgehead atoms. The maximum absolute atomic E-state index is 11.5. The summed E-state index contributed by atoms with van der Waals surface area (Å²) in [6.45, 7) is 4.87. The summed E-state index contributed by atoms with van der Waals surface area (Å²) >= 11 is 0. The van der Waals surface area contributed by atoms with Crippen LogP contribution in [0, 0.1) is 0 Å². The Morgan fingerprint density at radius 3 is 2.48 bits per heavy atom. The second kappa shape index (κ2) is 6.12. The van der Waals surface area contributed by atoms with Gasteiger partial charge in [-0.25, -0.2) is 4.98 Å². The highest BCUT2D eigenvalue weighted by Gasteiger charge is 2.19. The third-order valence-corrected chi connectivity index (χ3v) is 4.74. The minimum absolute atomic E-state index is 0.150. The first-order chi connectivity index (χ1) is 12.1. The van der Waals surface area contributed by atoms with Crippen LogP contribution >= 0.6 is 0 Å². The van der Waals surface area contributed by atoms with Crippen molar-refractivity contribution in [1.82, 2.24) is 14.9 Å². The number of piperazine rings is 1. The number of imidazole rings is 1. The van der Waals surface area contributed by atoms with Gasteiger partial charge in [0.2, 0.25) is 5.91 Å². The topological polar surface area (TPSA) is 78.2 Å². The van der Waals surface area contributed by atoms with E-state index in [9.17, 15) is 4.79 Å². The van der Waals surface area contributed by atoms with Crippen molar-refractivity contribution in [3.63, 3.8) is 0 Å². The second-order valence-electron chi connectivity index (χ2n) is 6.40. The summed E-state index contributed by atoms with van der Waals surface area (Å²) in [4.78, 5) is 23.7. The van der Waals surface area contributed by atoms with Gasteiger partial charge in [-0.05, 0) is 42.5 Å². The van der Waals surface area contributed by atoms with Gasteiger partial charge in [0.15, 0.2) is 0 Å². The van der Waals surface area contributed by atoms with Gasteiger partial charge in [0.25, 0.3) is 0 Å². The third kappa shape index (κ3) is 3.03. The maximum Gasteiger partial charge on any atom is 0.219 e. The monoisotopic (exact) mass is 335 g/mol. The third-order valence-electron chi connectivity index (χ3n) is 4.74. The zero-order chi connectivity index (χ0) is 17.4. The number of aromatic amines is 1. The second-order valence-corrected chi connectivity index (χ2v) is 6.40. The lowest BCUT2D eigenvalue weighted by molar-refractivity contribution is -0.129. The fourth-order valence-electron chi connectivity index (χ4n) is 3.25. The largest absolute Gasteiger partial charge is 0.399 e. The lowest BCUT2D eigenvalue weighted by atomic mass is 10.2. The normalized spacial score (nSPS) is 14.9. The van der Waals surface area contributed by atoms with E-state index in [-0.39, 0.29) is 5.91 Å². The number of rotatable bonds is 2. The quantitative estimate of drug-likeness (QED) is 0.705. The van der Waals surface area contributed by atoms with Crippen molar-refractivity contribution in [2.24, 2.45) is 0 Å². The van der Waals surface area contributed by atoms with Crippen molar-refractivity contribution >= 4 is 28.3 Å². The average Bonchev–Trinajstić information content (AvgIpc) is 3.05. The molecule has 1 aromatic heterocycles. The van der Waals surface area contributed by atoms with Crippen LogP contribution in [0.1, 0.15) is 6.92 Å². The fraction of sp³-hybridized carbons (Fsp3) is 0.263. The highest BCUT2D eigenvalue weighted by molar-refractivity contribution is 5.83. The number of hydrogen-bond donors (Lipinski definition) is 2. The first kappa shape index (κ1) is 15.5. The molecule has 25 heavy (non-hydrogen) atoms. The number of anilines is 2. The number of nitrogen functional groups attached to an aromatic ring is 1. The molecule has 1 aliphatic rings. The summed E-state index contributed by atoms with van der Waals surface area (Å²) in [5, 5.41) is 0. The first-order valence-corrected chi connectivity index (χ1v) is 8.46. The SMILES string of the molecule is CC(=O)N1CCN(c2ccc3nc(-c4ccc(N)cc4)[nH]c3c2)CC1. The van der Waals surface area contributed by atoms with Crippen LogP contribution in [0.5, 0.6) is 0 Å². The molecular weight excluding hydrogens is 314 g/mol. The van der Waals surface area contributed by atoms with Crippen molar-refractivity contribution in [3.8, 4) is 11.4 Å². The summed E-state index contributed by atoms with van der Waals surface area (Å²) in [6.07, 6.45) is 0. The van der Waals surface area contributed by atoms with Crippen LogP contribution in [0.2, 0.25) is 0 Å². The number of fused-ring (bicyclic) bond motifs is 1. The summed E-state index contributed by atoms with van der Waals surface area (Å²) in [5.41, 5.74) is 10.6. The summed E-state index contributed by atoms with van der Waals surface area (Å²) in [5.74, 6) is 0.991. The highest BCUT2D eigenvalue weighted by atomic mass is 16.2. The maximum atomic E-state index is 11.5. The Hall–Kier alpha value is -3.02. The molecule has 3 aromatic rings. The van der Waals surface area contributed by atoms with E-state index in [1.807, 2.05) is 35.2 Å². The fourth-order valence-corrected chi connectivity index (χ4v) is 3.25. The van der Waals surface area contributed by atoms with Gasteiger partial charge in [0, 0.05) is 50.0 Å². The summed E-state index contributed by atoms with van der Waals surface area (Å²) < 4.78 is 0. The van der Waals surface area contributed by atoms with E-state index in [4.69, 9.17) is 5.73 Å². The molecule has 0 radical (unpaired) electrons. The molecule has 0 saturated carbocycles. The number of hydrogen-bond acceptors (Lipinski definition) is 4. The summed E-state index contributed by atoms with van der Waals surface area (Å²) in [6, 6.07) is 14.0. The molecule has 0 aliphatic carbocycles. The Balaban J connectivity index is 1.58. The zero-order valence-corrected chi connectivity index (χ0v) is 14.2. The molecule has 1 fully saturated rings. The van der Waals surface area contributed by atoms with E-state index in [0.717, 1.165) is 60.0 Å². The van der Waals surface area contributed by atoms with Crippen LogP contribution in [0.4, 0.5) is 11.4 Å². The van der Waals surface area contributed by atoms with E-state index in [2.05, 4.69) is 27.0 Å². The van der Waals surface area contributed by atoms with Gasteiger partial charge in [0.05, 0.1) is 11.0 Å². The number of nitrogens with two attached hydrogens (primary N) is 1. The molecule has 4 rings (SSSR count). The number of benzene rings is 2. The lowest BCUT2D eigenvalue weighted by Gasteiger charge is -2.35. The molecule has 2 aromatic carbocycles. The van der Waals surface area contributed by atoms with E-state index >= 15 is 0 Å². The number of aromatic nitrogens is 2. The minimum Gasteiger partial charge on any atom is -0.399 e. The number of carbonyl (C=O) groups is 1. The van der Waals surface area contributed by atoms with Gasteiger partial charge >= 0.3 is 0 Å². The van der Waals surface area contributed by atoms with Crippen LogP contribution in [0.3, 0.4) is 0 Å². The molecule has 0 atom stereocenters. The predicted octanol–water partition coefficient (Wildman–Crippen LogP) is 2.48. The Bertz CT molecular complexity index is 907. The Morgan fingerprint density at radius 2 is 1.80 bits per heavy atom. The lowest BCUT2D eigenvalue weighted by Crippen LogP contribution is -2.48. The zero-order valence-electron chi connectivity index (χ0n) is 14.2. The van der Waals surface area contributed by atoms with Crippen molar-refractivity contribution < 1.29 is 4.79 Å². The highest BCUT2D eigenvalue weighted by Crippen LogP contribution is 2.25. The molecule has 0 unspecified atom stereocenters. The van der Waals surface area contributed by atoms with Crippen LogP contribution in [-0.2, 0) is 4.79 Å². The molecule has 6 nitrogen and oxygen atoms in total. The van der Waals surface area contributed by atoms with Gasteiger partial charge in [-0.1, -0.05) is 0 Å². The average molecular weight is 335 g/mol. The Kier molecular flexibility index (Phi) is 3.80. The molecule has 3 N–H and O–H groups in total. The molecule has 0 spiro atoms. The molecule has 1 amide bonds. The van der Waals surface area contributed by atoms with Crippen LogP contribution in [0.25, 0.3) is 22.4 Å². The molecule has 1 saturated heterocycles. The van der Waals surface area contributed by atoms with Gasteiger partial charge in [-0.2, -0.15) is 0 Å². The Labute approximate surface area is 146 Å². The van der Waals surface area contributed by atoms with Gasteiger partial charge in [0.1, 0.15) is 5.82 Å². The number of carbonyl (C=O) groups excluding carboxylic acids is 1. The van der Waals surface area contributed by atoms with E-state index in [1.54, 1.807) is 6.92 Å². The van der Waals surface area contributed by atoms with Gasteiger partial charge < -0.3 is 20.5 Å². The first-order valence-electron chi connectivity index (χ1n) is 8.46. The Morgan fingerprint density at radius 1 is 1.08 bits per heavy atom. The van der Waals surface area contributed by atoms with E-state index in [1.165, 1.54) is 0 Å². The van der Waals surface area contributed by atoms with Crippen molar-refractivity contribution in [2.75, 3.05) is 36.8 Å². The van der Waals surface area contributed by atoms with Crippen molar-refractivity contribution in [3.05, 3.63) is 42.5 Å². The van der Waals surface area contributed by atoms with Gasteiger partial charge in [-0.15, -0.1) is 0 Å². The molecule has 2 heterocycles. The number of amides is 1. The van der Waals surface area contributed by atoms with Crippen LogP contribution in [0.15, 0.2) is 42.5 Å². The molecule has 6 heteroatoms. The number of nitrogens with one attached hydrogen (secondary N) is 1. The summed E-state index contributed by atoms with van der Waals surface area (Å²) in [7, 11) is 0. The molecule has 128 valence electrons. The number of H-pyrrole nitrogens is 1. The van der Waals surface area contributed by atoms with E-state index in [0.29, 0.717) is 0 Å². The van der Waals surface area contributed by atoms with E-state index < -0.39 is 0 Å².